The molecule has 0 radical (unpaired) electrons. The van der Waals surface area contributed by atoms with E-state index in [0.29, 0.717) is 17.7 Å². The van der Waals surface area contributed by atoms with Crippen LogP contribution in [-0.2, 0) is 11.3 Å². The summed E-state index contributed by atoms with van der Waals surface area (Å²) in [5.41, 5.74) is 3.04. The van der Waals surface area contributed by atoms with Gasteiger partial charge in [0.1, 0.15) is 0 Å². The maximum absolute atomic E-state index is 13.5. The molecule has 0 aliphatic carbocycles. The van der Waals surface area contributed by atoms with E-state index in [1.165, 1.54) is 0 Å². The summed E-state index contributed by atoms with van der Waals surface area (Å²) in [6.45, 7) is 0.395. The molecule has 0 heterocycles. The summed E-state index contributed by atoms with van der Waals surface area (Å²) in [5, 5.41) is 0. The minimum atomic E-state index is -0.851. The average Bonchev–Trinajstić information content (AvgIpc) is 2.90. The van der Waals surface area contributed by atoms with Gasteiger partial charge in [0.15, 0.2) is 11.6 Å². The molecule has 0 spiro atoms. The van der Waals surface area contributed by atoms with Crippen LogP contribution in [0.2, 0.25) is 0 Å². The molecule has 1 unspecified atom stereocenters. The molecule has 0 bridgehead atoms. The van der Waals surface area contributed by atoms with E-state index in [1.807, 2.05) is 97.1 Å². The van der Waals surface area contributed by atoms with E-state index >= 15 is 0 Å². The van der Waals surface area contributed by atoms with E-state index < -0.39 is 12.0 Å². The smallest absolute Gasteiger partial charge is 0.173 e. The predicted molar refractivity (Wildman–Crippen MR) is 130 cm³/mol. The van der Waals surface area contributed by atoms with Crippen molar-refractivity contribution in [2.75, 3.05) is 0 Å². The Balaban J connectivity index is 1.65. The minimum absolute atomic E-state index is 0.186. The van der Waals surface area contributed by atoms with Crippen molar-refractivity contribution in [2.45, 2.75) is 19.1 Å². The van der Waals surface area contributed by atoms with Gasteiger partial charge in [0.2, 0.25) is 0 Å². The standard InChI is InChI=1S/C30H26O3/c31-29(25-17-9-3-10-18-25)27(30(32)26-19-11-4-12-20-26)21-28(24-15-7-2-8-16-24)33-22-23-13-5-1-6-14-23/h1-20,27-28H,21-22H2. The maximum atomic E-state index is 13.5. The number of hydrogen-bond donors (Lipinski definition) is 0. The van der Waals surface area contributed by atoms with Crippen LogP contribution in [0.1, 0.15) is 44.4 Å². The van der Waals surface area contributed by atoms with Gasteiger partial charge in [-0.1, -0.05) is 121 Å². The lowest BCUT2D eigenvalue weighted by atomic mass is 9.84. The second kappa shape index (κ2) is 11.2. The number of ketones is 2. The molecule has 4 aromatic carbocycles. The van der Waals surface area contributed by atoms with Crippen molar-refractivity contribution in [1.82, 2.24) is 0 Å². The Morgan fingerprint density at radius 1 is 0.576 bits per heavy atom. The van der Waals surface area contributed by atoms with Crippen molar-refractivity contribution >= 4 is 11.6 Å². The second-order valence-electron chi connectivity index (χ2n) is 7.94. The first-order valence-electron chi connectivity index (χ1n) is 11.1. The Morgan fingerprint density at radius 3 is 1.48 bits per heavy atom. The normalized spacial score (nSPS) is 11.8. The van der Waals surface area contributed by atoms with Crippen LogP contribution in [0.15, 0.2) is 121 Å². The molecule has 1 atom stereocenters. The first-order chi connectivity index (χ1) is 16.2. The van der Waals surface area contributed by atoms with Crippen molar-refractivity contribution in [2.24, 2.45) is 5.92 Å². The van der Waals surface area contributed by atoms with Gasteiger partial charge in [-0.15, -0.1) is 0 Å². The summed E-state index contributed by atoms with van der Waals surface area (Å²) in [7, 11) is 0. The van der Waals surface area contributed by atoms with Crippen LogP contribution in [0.4, 0.5) is 0 Å². The van der Waals surface area contributed by atoms with Gasteiger partial charge in [-0.2, -0.15) is 0 Å². The van der Waals surface area contributed by atoms with E-state index in [1.54, 1.807) is 24.3 Å². The topological polar surface area (TPSA) is 43.4 Å². The molecule has 4 rings (SSSR count). The third kappa shape index (κ3) is 5.91. The van der Waals surface area contributed by atoms with Crippen LogP contribution in [-0.4, -0.2) is 11.6 Å². The molecule has 3 nitrogen and oxygen atoms in total. The van der Waals surface area contributed by atoms with Gasteiger partial charge in [0, 0.05) is 11.1 Å². The van der Waals surface area contributed by atoms with Crippen LogP contribution >= 0.6 is 0 Å². The summed E-state index contributed by atoms with van der Waals surface area (Å²) in [5.74, 6) is -1.22. The van der Waals surface area contributed by atoms with Crippen LogP contribution in [0, 0.1) is 5.92 Å². The van der Waals surface area contributed by atoms with Crippen molar-refractivity contribution in [3.05, 3.63) is 144 Å². The minimum Gasteiger partial charge on any atom is -0.369 e. The quantitative estimate of drug-likeness (QED) is 0.206. The lowest BCUT2D eigenvalue weighted by molar-refractivity contribution is 0.0226. The molecular formula is C30H26O3. The zero-order valence-corrected chi connectivity index (χ0v) is 18.3. The number of hydrogen-bond acceptors (Lipinski definition) is 3. The highest BCUT2D eigenvalue weighted by Gasteiger charge is 2.32. The van der Waals surface area contributed by atoms with Crippen LogP contribution in [0.25, 0.3) is 0 Å². The van der Waals surface area contributed by atoms with E-state index in [2.05, 4.69) is 0 Å². The average molecular weight is 435 g/mol. The van der Waals surface area contributed by atoms with Crippen LogP contribution in [0.3, 0.4) is 0 Å². The molecule has 0 saturated heterocycles. The van der Waals surface area contributed by atoms with Gasteiger partial charge >= 0.3 is 0 Å². The molecule has 0 fully saturated rings. The number of ether oxygens (including phenoxy) is 1. The molecule has 0 saturated carbocycles. The highest BCUT2D eigenvalue weighted by atomic mass is 16.5. The maximum Gasteiger partial charge on any atom is 0.173 e. The number of benzene rings is 4. The Labute approximate surface area is 194 Å². The molecule has 0 aliphatic rings. The van der Waals surface area contributed by atoms with Gasteiger partial charge in [-0.25, -0.2) is 0 Å². The first kappa shape index (κ1) is 22.4. The van der Waals surface area contributed by atoms with Gasteiger partial charge in [0.25, 0.3) is 0 Å². The number of rotatable bonds is 10. The van der Waals surface area contributed by atoms with Crippen molar-refractivity contribution < 1.29 is 14.3 Å². The second-order valence-corrected chi connectivity index (χ2v) is 7.94. The Hall–Kier alpha value is -3.82. The van der Waals surface area contributed by atoms with Gasteiger partial charge < -0.3 is 4.74 Å². The lowest BCUT2D eigenvalue weighted by Gasteiger charge is -2.23. The number of carbonyl (C=O) groups is 2. The largest absolute Gasteiger partial charge is 0.369 e. The fourth-order valence-electron chi connectivity index (χ4n) is 3.89. The molecule has 33 heavy (non-hydrogen) atoms. The molecule has 0 N–H and O–H groups in total. The first-order valence-corrected chi connectivity index (χ1v) is 11.1. The molecule has 4 aromatic rings. The summed E-state index contributed by atoms with van der Waals surface area (Å²) < 4.78 is 6.31. The summed E-state index contributed by atoms with van der Waals surface area (Å²) in [6, 6.07) is 37.7. The Kier molecular flexibility index (Phi) is 7.57. The lowest BCUT2D eigenvalue weighted by Crippen LogP contribution is -2.27. The predicted octanol–water partition coefficient (Wildman–Crippen LogP) is 6.72. The molecule has 0 aromatic heterocycles. The van der Waals surface area contributed by atoms with E-state index in [0.717, 1.165) is 11.1 Å². The third-order valence-corrected chi connectivity index (χ3v) is 5.66. The van der Waals surface area contributed by atoms with Crippen LogP contribution < -0.4 is 0 Å². The Bertz CT molecular complexity index is 1100. The Morgan fingerprint density at radius 2 is 1.00 bits per heavy atom. The zero-order valence-electron chi connectivity index (χ0n) is 18.3. The van der Waals surface area contributed by atoms with Gasteiger partial charge in [-0.3, -0.25) is 9.59 Å². The van der Waals surface area contributed by atoms with Crippen LogP contribution in [0.5, 0.6) is 0 Å². The summed E-state index contributed by atoms with van der Waals surface area (Å²) >= 11 is 0. The van der Waals surface area contributed by atoms with E-state index in [-0.39, 0.29) is 18.0 Å². The summed E-state index contributed by atoms with van der Waals surface area (Å²) in [4.78, 5) is 27.0. The fourth-order valence-corrected chi connectivity index (χ4v) is 3.89. The zero-order chi connectivity index (χ0) is 22.9. The van der Waals surface area contributed by atoms with Crippen molar-refractivity contribution in [1.29, 1.82) is 0 Å². The third-order valence-electron chi connectivity index (χ3n) is 5.66. The SMILES string of the molecule is O=C(c1ccccc1)C(CC(OCc1ccccc1)c1ccccc1)C(=O)c1ccccc1. The van der Waals surface area contributed by atoms with E-state index in [9.17, 15) is 9.59 Å². The molecule has 164 valence electrons. The number of Topliss-reactive ketones (excluding diaryl/α,β-unsaturated/α-hetero) is 2. The number of carbonyl (C=O) groups excluding carboxylic acids is 2. The molecule has 0 amide bonds. The van der Waals surface area contributed by atoms with Crippen molar-refractivity contribution in [3.63, 3.8) is 0 Å². The van der Waals surface area contributed by atoms with E-state index in [4.69, 9.17) is 4.74 Å². The molecular weight excluding hydrogens is 408 g/mol. The van der Waals surface area contributed by atoms with Crippen molar-refractivity contribution in [3.8, 4) is 0 Å². The summed E-state index contributed by atoms with van der Waals surface area (Å²) in [6.07, 6.45) is -0.144. The fraction of sp³-hybridized carbons (Fsp3) is 0.133. The highest BCUT2D eigenvalue weighted by molar-refractivity contribution is 6.16. The molecule has 0 aliphatic heterocycles. The van der Waals surface area contributed by atoms with Gasteiger partial charge in [0.05, 0.1) is 18.6 Å². The monoisotopic (exact) mass is 434 g/mol. The molecule has 3 heteroatoms. The van der Waals surface area contributed by atoms with Gasteiger partial charge in [-0.05, 0) is 17.5 Å². The highest BCUT2D eigenvalue weighted by Crippen LogP contribution is 2.30.